The van der Waals surface area contributed by atoms with Gasteiger partial charge in [0.05, 0.1) is 16.1 Å². The molecule has 0 aliphatic carbocycles. The third kappa shape index (κ3) is 2.82. The lowest BCUT2D eigenvalue weighted by Crippen LogP contribution is -2.08. The van der Waals surface area contributed by atoms with Crippen LogP contribution < -0.4 is 0 Å². The summed E-state index contributed by atoms with van der Waals surface area (Å²) in [6.45, 7) is 0. The molecule has 2 aromatic carbocycles. The standard InChI is InChI=1S/C14H7ClF4O/c15-10-2-1-3-11(16)12(10)13(20)8-4-6-9(7-5-8)14(17,18)19/h1-7H. The first kappa shape index (κ1) is 14.5. The molecule has 0 fully saturated rings. The van der Waals surface area contributed by atoms with Crippen molar-refractivity contribution in [1.82, 2.24) is 0 Å². The lowest BCUT2D eigenvalue weighted by atomic mass is 10.0. The summed E-state index contributed by atoms with van der Waals surface area (Å²) in [6, 6.07) is 7.25. The van der Waals surface area contributed by atoms with Crippen LogP contribution in [0.3, 0.4) is 0 Å². The van der Waals surface area contributed by atoms with Gasteiger partial charge >= 0.3 is 6.18 Å². The molecule has 0 spiro atoms. The van der Waals surface area contributed by atoms with Crippen molar-refractivity contribution in [3.63, 3.8) is 0 Å². The van der Waals surface area contributed by atoms with E-state index < -0.39 is 23.3 Å². The molecule has 2 rings (SSSR count). The van der Waals surface area contributed by atoms with Gasteiger partial charge in [-0.3, -0.25) is 4.79 Å². The van der Waals surface area contributed by atoms with E-state index in [1.165, 1.54) is 12.1 Å². The van der Waals surface area contributed by atoms with Crippen LogP contribution in [0.5, 0.6) is 0 Å². The van der Waals surface area contributed by atoms with Crippen LogP contribution in [0.4, 0.5) is 17.6 Å². The third-order valence-electron chi connectivity index (χ3n) is 2.66. The second-order valence-corrected chi connectivity index (χ2v) is 4.41. The lowest BCUT2D eigenvalue weighted by Gasteiger charge is -2.08. The monoisotopic (exact) mass is 302 g/mol. The van der Waals surface area contributed by atoms with Gasteiger partial charge in [0.25, 0.3) is 0 Å². The Bertz CT molecular complexity index is 627. The fraction of sp³-hybridized carbons (Fsp3) is 0.0714. The molecule has 0 radical (unpaired) electrons. The Kier molecular flexibility index (Phi) is 3.81. The first-order valence-corrected chi connectivity index (χ1v) is 5.84. The van der Waals surface area contributed by atoms with Crippen molar-refractivity contribution in [3.05, 3.63) is 70.0 Å². The lowest BCUT2D eigenvalue weighted by molar-refractivity contribution is -0.137. The highest BCUT2D eigenvalue weighted by molar-refractivity contribution is 6.35. The summed E-state index contributed by atoms with van der Waals surface area (Å²) in [5.74, 6) is -1.58. The first-order valence-electron chi connectivity index (χ1n) is 5.46. The van der Waals surface area contributed by atoms with Crippen LogP contribution in [0.1, 0.15) is 21.5 Å². The average Bonchev–Trinajstić information content (AvgIpc) is 2.37. The summed E-state index contributed by atoms with van der Waals surface area (Å²) in [6.07, 6.45) is -4.49. The van der Waals surface area contributed by atoms with Gasteiger partial charge < -0.3 is 0 Å². The maximum Gasteiger partial charge on any atom is 0.416 e. The number of halogens is 5. The van der Waals surface area contributed by atoms with Crippen molar-refractivity contribution in [1.29, 1.82) is 0 Å². The fourth-order valence-electron chi connectivity index (χ4n) is 1.67. The summed E-state index contributed by atoms with van der Waals surface area (Å²) < 4.78 is 50.8. The summed E-state index contributed by atoms with van der Waals surface area (Å²) in [4.78, 5) is 12.0. The van der Waals surface area contributed by atoms with Crippen molar-refractivity contribution in [2.45, 2.75) is 6.18 Å². The highest BCUT2D eigenvalue weighted by Gasteiger charge is 2.30. The molecule has 0 saturated heterocycles. The molecule has 0 aliphatic heterocycles. The van der Waals surface area contributed by atoms with E-state index in [0.717, 1.165) is 30.3 Å². The van der Waals surface area contributed by atoms with E-state index in [1.807, 2.05) is 0 Å². The van der Waals surface area contributed by atoms with Gasteiger partial charge in [0.15, 0.2) is 5.78 Å². The minimum absolute atomic E-state index is 0.0648. The Balaban J connectivity index is 2.40. The molecule has 0 saturated carbocycles. The number of hydrogen-bond donors (Lipinski definition) is 0. The molecule has 104 valence electrons. The first-order chi connectivity index (χ1) is 9.30. The summed E-state index contributed by atoms with van der Waals surface area (Å²) in [7, 11) is 0. The molecule has 0 aromatic heterocycles. The number of rotatable bonds is 2. The zero-order chi connectivity index (χ0) is 14.9. The van der Waals surface area contributed by atoms with Crippen LogP contribution in [0.25, 0.3) is 0 Å². The average molecular weight is 303 g/mol. The van der Waals surface area contributed by atoms with Crippen LogP contribution in [0, 0.1) is 5.82 Å². The second-order valence-electron chi connectivity index (χ2n) is 4.00. The van der Waals surface area contributed by atoms with Crippen LogP contribution in [0.15, 0.2) is 42.5 Å². The van der Waals surface area contributed by atoms with E-state index in [1.54, 1.807) is 0 Å². The molecule has 0 unspecified atom stereocenters. The van der Waals surface area contributed by atoms with E-state index in [4.69, 9.17) is 11.6 Å². The summed E-state index contributed by atoms with van der Waals surface area (Å²) in [5.41, 5.74) is -1.30. The molecule has 6 heteroatoms. The predicted molar refractivity (Wildman–Crippen MR) is 66.3 cm³/mol. The SMILES string of the molecule is O=C(c1ccc(C(F)(F)F)cc1)c1c(F)cccc1Cl. The van der Waals surface area contributed by atoms with Crippen molar-refractivity contribution in [2.75, 3.05) is 0 Å². The quantitative estimate of drug-likeness (QED) is 0.579. The minimum atomic E-state index is -4.49. The highest BCUT2D eigenvalue weighted by atomic mass is 35.5. The van der Waals surface area contributed by atoms with Crippen molar-refractivity contribution in [3.8, 4) is 0 Å². The van der Waals surface area contributed by atoms with E-state index in [9.17, 15) is 22.4 Å². The third-order valence-corrected chi connectivity index (χ3v) is 2.98. The fourth-order valence-corrected chi connectivity index (χ4v) is 1.92. The number of alkyl halides is 3. The smallest absolute Gasteiger partial charge is 0.288 e. The van der Waals surface area contributed by atoms with Crippen LogP contribution in [-0.4, -0.2) is 5.78 Å². The predicted octanol–water partition coefficient (Wildman–Crippen LogP) is 4.73. The zero-order valence-electron chi connectivity index (χ0n) is 9.84. The van der Waals surface area contributed by atoms with Gasteiger partial charge in [-0.1, -0.05) is 29.8 Å². The normalized spacial score (nSPS) is 11.4. The van der Waals surface area contributed by atoms with Crippen LogP contribution in [-0.2, 0) is 6.18 Å². The maximum atomic E-state index is 13.6. The van der Waals surface area contributed by atoms with Gasteiger partial charge in [0, 0.05) is 5.56 Å². The van der Waals surface area contributed by atoms with E-state index >= 15 is 0 Å². The van der Waals surface area contributed by atoms with Gasteiger partial charge in [-0.15, -0.1) is 0 Å². The number of ketones is 1. The summed E-state index contributed by atoms with van der Waals surface area (Å²) >= 11 is 5.74. The van der Waals surface area contributed by atoms with Gasteiger partial charge in [-0.05, 0) is 24.3 Å². The number of benzene rings is 2. The van der Waals surface area contributed by atoms with E-state index in [-0.39, 0.29) is 16.1 Å². The Morgan fingerprint density at radius 1 is 1.00 bits per heavy atom. The maximum absolute atomic E-state index is 13.6. The largest absolute Gasteiger partial charge is 0.416 e. The topological polar surface area (TPSA) is 17.1 Å². The highest BCUT2D eigenvalue weighted by Crippen LogP contribution is 2.30. The number of hydrogen-bond acceptors (Lipinski definition) is 1. The van der Waals surface area contributed by atoms with Gasteiger partial charge in [0.1, 0.15) is 5.82 Å². The van der Waals surface area contributed by atoms with Crippen LogP contribution in [0.2, 0.25) is 5.02 Å². The van der Waals surface area contributed by atoms with Crippen molar-refractivity contribution in [2.24, 2.45) is 0 Å². The number of carbonyl (C=O) groups is 1. The Hall–Kier alpha value is -1.88. The molecule has 1 nitrogen and oxygen atoms in total. The number of carbonyl (C=O) groups excluding carboxylic acids is 1. The Morgan fingerprint density at radius 2 is 1.60 bits per heavy atom. The molecular formula is C14H7ClF4O. The molecule has 0 atom stereocenters. The van der Waals surface area contributed by atoms with Crippen molar-refractivity contribution < 1.29 is 22.4 Å². The summed E-state index contributed by atoms with van der Waals surface area (Å²) in [5, 5.41) is -0.0881. The molecule has 2 aromatic rings. The second kappa shape index (κ2) is 5.25. The minimum Gasteiger partial charge on any atom is -0.288 e. The van der Waals surface area contributed by atoms with E-state index in [2.05, 4.69) is 0 Å². The van der Waals surface area contributed by atoms with E-state index in [0.29, 0.717) is 0 Å². The van der Waals surface area contributed by atoms with Gasteiger partial charge in [-0.2, -0.15) is 13.2 Å². The van der Waals surface area contributed by atoms with Crippen molar-refractivity contribution >= 4 is 17.4 Å². The molecular weight excluding hydrogens is 296 g/mol. The molecule has 0 bridgehead atoms. The molecule has 0 amide bonds. The Morgan fingerprint density at radius 3 is 2.10 bits per heavy atom. The molecule has 0 heterocycles. The van der Waals surface area contributed by atoms with Gasteiger partial charge in [-0.25, -0.2) is 4.39 Å². The zero-order valence-corrected chi connectivity index (χ0v) is 10.6. The molecule has 20 heavy (non-hydrogen) atoms. The molecule has 0 aliphatic rings. The molecule has 0 N–H and O–H groups in total. The Labute approximate surface area is 116 Å². The van der Waals surface area contributed by atoms with Gasteiger partial charge in [0.2, 0.25) is 0 Å². The van der Waals surface area contributed by atoms with Crippen LogP contribution >= 0.6 is 11.6 Å².